The number of ether oxygens (including phenoxy) is 1. The maximum atomic E-state index is 12.2. The van der Waals surface area contributed by atoms with E-state index in [4.69, 9.17) is 0 Å². The van der Waals surface area contributed by atoms with E-state index in [0.717, 1.165) is 12.1 Å². The predicted octanol–water partition coefficient (Wildman–Crippen LogP) is 1.33. The van der Waals surface area contributed by atoms with Crippen LogP contribution in [-0.2, 0) is 9.59 Å². The molecule has 1 heterocycles. The van der Waals surface area contributed by atoms with Gasteiger partial charge in [-0.15, -0.1) is 13.2 Å². The van der Waals surface area contributed by atoms with Crippen molar-refractivity contribution in [2.24, 2.45) is 5.92 Å². The van der Waals surface area contributed by atoms with Crippen LogP contribution in [0.3, 0.4) is 0 Å². The van der Waals surface area contributed by atoms with E-state index in [9.17, 15) is 32.9 Å². The Balaban J connectivity index is 1.41. The molecule has 2 atom stereocenters. The number of benzene rings is 1. The highest BCUT2D eigenvalue weighted by Gasteiger charge is 2.54. The molecule has 1 aliphatic carbocycles. The Hall–Kier alpha value is -2.89. The third-order valence-electron chi connectivity index (χ3n) is 4.77. The van der Waals surface area contributed by atoms with Crippen molar-refractivity contribution in [1.29, 1.82) is 0 Å². The number of hydrogen-bond acceptors (Lipinski definition) is 6. The summed E-state index contributed by atoms with van der Waals surface area (Å²) in [6.45, 7) is 1.73. The minimum absolute atomic E-state index is 0.0593. The number of anilines is 1. The summed E-state index contributed by atoms with van der Waals surface area (Å²) in [7, 11) is 0. The monoisotopic (exact) mass is 416 g/mol. The van der Waals surface area contributed by atoms with Crippen LogP contribution in [0.15, 0.2) is 24.3 Å². The molecule has 1 N–H and O–H groups in total. The molecule has 1 aliphatic heterocycles. The van der Waals surface area contributed by atoms with Gasteiger partial charge in [0, 0.05) is 43.2 Å². The first-order chi connectivity index (χ1) is 13.6. The maximum Gasteiger partial charge on any atom is 0.573 e. The van der Waals surface area contributed by atoms with Gasteiger partial charge >= 0.3 is 6.36 Å². The minimum Gasteiger partial charge on any atom is -0.406 e. The first-order valence-electron chi connectivity index (χ1n) is 8.92. The van der Waals surface area contributed by atoms with Crippen molar-refractivity contribution in [2.45, 2.75) is 18.8 Å². The lowest BCUT2D eigenvalue weighted by Crippen LogP contribution is -2.51. The van der Waals surface area contributed by atoms with Crippen molar-refractivity contribution in [2.75, 3.05) is 38.0 Å². The van der Waals surface area contributed by atoms with Crippen molar-refractivity contribution in [3.05, 3.63) is 34.4 Å². The molecule has 9 nitrogen and oxygen atoms in total. The van der Waals surface area contributed by atoms with Crippen LogP contribution in [0.5, 0.6) is 5.75 Å². The Bertz CT molecular complexity index is 778. The van der Waals surface area contributed by atoms with E-state index in [-0.39, 0.29) is 30.5 Å². The number of halogens is 3. The number of amides is 2. The van der Waals surface area contributed by atoms with Crippen molar-refractivity contribution >= 4 is 17.5 Å². The van der Waals surface area contributed by atoms with Crippen LogP contribution in [0.1, 0.15) is 6.42 Å². The first-order valence-corrected chi connectivity index (χ1v) is 8.92. The van der Waals surface area contributed by atoms with Crippen LogP contribution in [0.4, 0.5) is 18.9 Å². The molecule has 12 heteroatoms. The summed E-state index contributed by atoms with van der Waals surface area (Å²) in [4.78, 5) is 38.0. The molecule has 29 heavy (non-hydrogen) atoms. The van der Waals surface area contributed by atoms with Crippen LogP contribution in [0, 0.1) is 16.0 Å². The number of carbonyl (C=O) groups is 2. The second kappa shape index (κ2) is 8.23. The number of carbonyl (C=O) groups excluding carboxylic acids is 2. The van der Waals surface area contributed by atoms with Gasteiger partial charge in [-0.2, -0.15) is 0 Å². The van der Waals surface area contributed by atoms with E-state index >= 15 is 0 Å². The summed E-state index contributed by atoms with van der Waals surface area (Å²) < 4.78 is 40.2. The van der Waals surface area contributed by atoms with Crippen LogP contribution in [-0.4, -0.2) is 71.7 Å². The number of rotatable bonds is 6. The van der Waals surface area contributed by atoms with Crippen LogP contribution < -0.4 is 10.1 Å². The molecule has 3 rings (SSSR count). The lowest BCUT2D eigenvalue weighted by atomic mass is 10.2. The highest BCUT2D eigenvalue weighted by molar-refractivity contribution is 5.92. The highest BCUT2D eigenvalue weighted by Crippen LogP contribution is 2.35. The van der Waals surface area contributed by atoms with Crippen LogP contribution in [0.2, 0.25) is 0 Å². The molecule has 0 unspecified atom stereocenters. The number of piperazine rings is 1. The molecule has 0 aromatic heterocycles. The predicted molar refractivity (Wildman–Crippen MR) is 93.7 cm³/mol. The zero-order valence-electron chi connectivity index (χ0n) is 15.2. The highest BCUT2D eigenvalue weighted by atomic mass is 19.4. The standard InChI is InChI=1S/C17H19F3N4O5/c18-17(19,20)29-12-3-1-11(2-4-12)21-15(25)10-22-5-7-23(8-6-22)16(26)13-9-14(13)24(27)28/h1-4,13-14H,5-10H2,(H,21,25)/t13-,14+/m0/s1. The second-order valence-electron chi connectivity index (χ2n) is 6.92. The molecule has 1 saturated carbocycles. The molecule has 158 valence electrons. The molecular weight excluding hydrogens is 397 g/mol. The average Bonchev–Trinajstić information content (AvgIpc) is 3.43. The molecule has 1 aromatic rings. The number of nitro groups is 1. The molecule has 1 aromatic carbocycles. The molecule has 0 radical (unpaired) electrons. The summed E-state index contributed by atoms with van der Waals surface area (Å²) in [5.74, 6) is -1.47. The van der Waals surface area contributed by atoms with Gasteiger partial charge in [0.15, 0.2) is 0 Å². The molecule has 0 bridgehead atoms. The maximum absolute atomic E-state index is 12.2. The van der Waals surface area contributed by atoms with E-state index in [2.05, 4.69) is 10.1 Å². The van der Waals surface area contributed by atoms with Gasteiger partial charge in [0.1, 0.15) is 11.7 Å². The topological polar surface area (TPSA) is 105 Å². The van der Waals surface area contributed by atoms with Gasteiger partial charge in [-0.25, -0.2) is 0 Å². The summed E-state index contributed by atoms with van der Waals surface area (Å²) in [5, 5.41) is 13.3. The average molecular weight is 416 g/mol. The van der Waals surface area contributed by atoms with E-state index in [1.165, 1.54) is 12.1 Å². The molecule has 0 spiro atoms. The largest absolute Gasteiger partial charge is 0.573 e. The van der Waals surface area contributed by atoms with E-state index < -0.39 is 23.2 Å². The Labute approximate surface area is 163 Å². The normalized spacial score (nSPS) is 22.1. The molecule has 2 aliphatic rings. The third-order valence-corrected chi connectivity index (χ3v) is 4.77. The zero-order chi connectivity index (χ0) is 21.2. The second-order valence-corrected chi connectivity index (χ2v) is 6.92. The van der Waals surface area contributed by atoms with Crippen molar-refractivity contribution in [1.82, 2.24) is 9.80 Å². The van der Waals surface area contributed by atoms with Gasteiger partial charge < -0.3 is 15.0 Å². The van der Waals surface area contributed by atoms with Crippen LogP contribution in [0.25, 0.3) is 0 Å². The number of hydrogen-bond donors (Lipinski definition) is 1. The Morgan fingerprint density at radius 1 is 1.17 bits per heavy atom. The van der Waals surface area contributed by atoms with Gasteiger partial charge in [-0.3, -0.25) is 24.6 Å². The molecular formula is C17H19F3N4O5. The SMILES string of the molecule is O=C(CN1CCN(C(=O)[C@H]2C[C@H]2[N+](=O)[O-])CC1)Nc1ccc(OC(F)(F)F)cc1. The summed E-state index contributed by atoms with van der Waals surface area (Å²) in [6, 6.07) is 4.03. The first kappa shape index (κ1) is 20.8. The van der Waals surface area contributed by atoms with E-state index in [1.807, 2.05) is 4.90 Å². The summed E-state index contributed by atoms with van der Waals surface area (Å²) in [5.41, 5.74) is 0.331. The molecule has 2 amide bonds. The fourth-order valence-electron chi connectivity index (χ4n) is 3.18. The number of alkyl halides is 3. The molecule has 2 fully saturated rings. The summed E-state index contributed by atoms with van der Waals surface area (Å²) >= 11 is 0. The fourth-order valence-corrected chi connectivity index (χ4v) is 3.18. The Morgan fingerprint density at radius 3 is 2.31 bits per heavy atom. The van der Waals surface area contributed by atoms with E-state index in [0.29, 0.717) is 31.9 Å². The third kappa shape index (κ3) is 5.79. The number of nitrogens with zero attached hydrogens (tertiary/aromatic N) is 3. The van der Waals surface area contributed by atoms with Crippen LogP contribution >= 0.6 is 0 Å². The van der Waals surface area contributed by atoms with Crippen molar-refractivity contribution in [3.63, 3.8) is 0 Å². The van der Waals surface area contributed by atoms with Gasteiger partial charge in [0.05, 0.1) is 6.54 Å². The minimum atomic E-state index is -4.78. The molecule has 1 saturated heterocycles. The van der Waals surface area contributed by atoms with E-state index in [1.54, 1.807) is 4.90 Å². The van der Waals surface area contributed by atoms with Gasteiger partial charge in [0.2, 0.25) is 17.9 Å². The quantitative estimate of drug-likeness (QED) is 0.554. The van der Waals surface area contributed by atoms with Crippen molar-refractivity contribution < 1.29 is 32.4 Å². The van der Waals surface area contributed by atoms with Crippen molar-refractivity contribution in [3.8, 4) is 5.75 Å². The Morgan fingerprint density at radius 2 is 1.79 bits per heavy atom. The van der Waals surface area contributed by atoms with Gasteiger partial charge in [-0.1, -0.05) is 0 Å². The van der Waals surface area contributed by atoms with Gasteiger partial charge in [0.25, 0.3) is 0 Å². The summed E-state index contributed by atoms with van der Waals surface area (Å²) in [6.07, 6.45) is -4.50. The lowest BCUT2D eigenvalue weighted by Gasteiger charge is -2.34. The Kier molecular flexibility index (Phi) is 5.91. The lowest BCUT2D eigenvalue weighted by molar-refractivity contribution is -0.497. The smallest absolute Gasteiger partial charge is 0.406 e. The number of nitrogens with one attached hydrogen (secondary N) is 1. The zero-order valence-corrected chi connectivity index (χ0v) is 15.2. The fraction of sp³-hybridized carbons (Fsp3) is 0.529. The van der Waals surface area contributed by atoms with Gasteiger partial charge in [-0.05, 0) is 24.3 Å².